The van der Waals surface area contributed by atoms with Gasteiger partial charge in [0.15, 0.2) is 0 Å². The number of fused-ring (bicyclic) bond motifs is 1. The Morgan fingerprint density at radius 2 is 1.48 bits per heavy atom. The lowest BCUT2D eigenvalue weighted by Gasteiger charge is -2.29. The first-order valence-electron chi connectivity index (χ1n) is 7.16. The van der Waals surface area contributed by atoms with E-state index in [1.807, 2.05) is 0 Å². The van der Waals surface area contributed by atoms with Crippen LogP contribution in [-0.2, 0) is 0 Å². The van der Waals surface area contributed by atoms with Crippen LogP contribution in [0, 0.1) is 0 Å². The van der Waals surface area contributed by atoms with Crippen LogP contribution in [0.25, 0.3) is 0 Å². The lowest BCUT2D eigenvalue weighted by molar-refractivity contribution is 0.0172. The molecule has 0 aliphatic carbocycles. The molecule has 1 aliphatic heterocycles. The molecule has 0 bridgehead atoms. The van der Waals surface area contributed by atoms with Gasteiger partial charge < -0.3 is 15.9 Å². The van der Waals surface area contributed by atoms with Crippen LogP contribution in [0.3, 0.4) is 0 Å². The molecule has 1 aliphatic rings. The Labute approximate surface area is 132 Å². The van der Waals surface area contributed by atoms with Gasteiger partial charge in [-0.05, 0) is 29.8 Å². The third-order valence-corrected chi connectivity index (χ3v) is 3.99. The Hall–Kier alpha value is -2.70. The summed E-state index contributed by atoms with van der Waals surface area (Å²) < 4.78 is 0. The molecule has 0 radical (unpaired) electrons. The summed E-state index contributed by atoms with van der Waals surface area (Å²) in [5.74, 6) is -1.03. The van der Waals surface area contributed by atoms with Gasteiger partial charge in [0.05, 0.1) is 23.8 Å². The van der Waals surface area contributed by atoms with E-state index in [1.54, 1.807) is 48.5 Å². The highest BCUT2D eigenvalue weighted by molar-refractivity contribution is 6.21. The molecule has 2 amide bonds. The number of carbonyl (C=O) groups excluding carboxylic acids is 2. The van der Waals surface area contributed by atoms with E-state index in [1.165, 1.54) is 0 Å². The largest absolute Gasteiger partial charge is 0.399 e. The summed E-state index contributed by atoms with van der Waals surface area (Å²) in [4.78, 5) is 25.8. The highest BCUT2D eigenvalue weighted by atomic mass is 16.3. The number of hydrogen-bond donors (Lipinski definition) is 3. The van der Waals surface area contributed by atoms with Crippen molar-refractivity contribution < 1.29 is 19.8 Å². The fourth-order valence-corrected chi connectivity index (χ4v) is 2.75. The first-order chi connectivity index (χ1) is 11.0. The second-order valence-electron chi connectivity index (χ2n) is 5.39. The fourth-order valence-electron chi connectivity index (χ4n) is 2.75. The molecule has 23 heavy (non-hydrogen) atoms. The molecule has 0 spiro atoms. The smallest absolute Gasteiger partial charge is 0.261 e. The average Bonchev–Trinajstić information content (AvgIpc) is 2.82. The summed E-state index contributed by atoms with van der Waals surface area (Å²) in [6, 6.07) is 11.8. The van der Waals surface area contributed by atoms with Crippen molar-refractivity contribution in [2.24, 2.45) is 0 Å². The minimum absolute atomic E-state index is 0.278. The molecule has 4 N–H and O–H groups in total. The van der Waals surface area contributed by atoms with Crippen LogP contribution >= 0.6 is 0 Å². The van der Waals surface area contributed by atoms with E-state index in [0.717, 1.165) is 4.90 Å². The standard InChI is InChI=1S/C17H16N2O4/c18-11-7-5-10(6-8-11)15(21)14(9-20)19-16(22)12-3-1-2-4-13(12)17(19)23/h1-8,14-15,20-21H,9,18H2/t14-,15+/m0/s1. The maximum absolute atomic E-state index is 12.5. The van der Waals surface area contributed by atoms with Crippen LogP contribution in [0.5, 0.6) is 0 Å². The highest BCUT2D eigenvalue weighted by Crippen LogP contribution is 2.30. The quantitative estimate of drug-likeness (QED) is 0.576. The van der Waals surface area contributed by atoms with Crippen LogP contribution in [-0.4, -0.2) is 39.6 Å². The van der Waals surface area contributed by atoms with Crippen LogP contribution in [0.1, 0.15) is 32.4 Å². The number of benzene rings is 2. The molecule has 0 saturated heterocycles. The summed E-state index contributed by atoms with van der Waals surface area (Å²) in [5, 5.41) is 20.2. The molecule has 0 saturated carbocycles. The van der Waals surface area contributed by atoms with Crippen LogP contribution < -0.4 is 5.73 Å². The average molecular weight is 312 g/mol. The summed E-state index contributed by atoms with van der Waals surface area (Å²) in [6.07, 6.45) is -1.21. The Morgan fingerprint density at radius 3 is 1.96 bits per heavy atom. The molecular weight excluding hydrogens is 296 g/mol. The zero-order chi connectivity index (χ0) is 16.6. The summed E-state index contributed by atoms with van der Waals surface area (Å²) in [6.45, 7) is -0.545. The van der Waals surface area contributed by atoms with Gasteiger partial charge in [-0.3, -0.25) is 14.5 Å². The van der Waals surface area contributed by atoms with E-state index < -0.39 is 30.6 Å². The van der Waals surface area contributed by atoms with E-state index in [-0.39, 0.29) is 11.1 Å². The number of carbonyl (C=O) groups is 2. The van der Waals surface area contributed by atoms with Gasteiger partial charge in [-0.2, -0.15) is 0 Å². The molecule has 0 unspecified atom stereocenters. The first kappa shape index (κ1) is 15.2. The van der Waals surface area contributed by atoms with Crippen molar-refractivity contribution in [3.05, 3.63) is 65.2 Å². The second kappa shape index (κ2) is 5.83. The van der Waals surface area contributed by atoms with E-state index in [4.69, 9.17) is 5.73 Å². The van der Waals surface area contributed by atoms with E-state index in [0.29, 0.717) is 11.3 Å². The number of nitrogens with two attached hydrogens (primary N) is 1. The molecule has 6 nitrogen and oxygen atoms in total. The SMILES string of the molecule is Nc1ccc([C@@H](O)[C@H](CO)N2C(=O)c3ccccc3C2=O)cc1. The Morgan fingerprint density at radius 1 is 0.957 bits per heavy atom. The van der Waals surface area contributed by atoms with Crippen LogP contribution in [0.15, 0.2) is 48.5 Å². The number of imide groups is 1. The molecule has 2 atom stereocenters. The van der Waals surface area contributed by atoms with Crippen LogP contribution in [0.2, 0.25) is 0 Å². The number of hydrogen-bond acceptors (Lipinski definition) is 5. The monoisotopic (exact) mass is 312 g/mol. The molecule has 3 rings (SSSR count). The third-order valence-electron chi connectivity index (χ3n) is 3.99. The highest BCUT2D eigenvalue weighted by Gasteiger charge is 2.42. The molecule has 0 aromatic heterocycles. The normalized spacial score (nSPS) is 16.3. The summed E-state index contributed by atoms with van der Waals surface area (Å²) in [5.41, 5.74) is 7.16. The topological polar surface area (TPSA) is 104 Å². The van der Waals surface area contributed by atoms with Gasteiger partial charge in [0.1, 0.15) is 6.10 Å². The number of aliphatic hydroxyl groups excluding tert-OH is 2. The van der Waals surface area contributed by atoms with Gasteiger partial charge in [0.2, 0.25) is 0 Å². The predicted molar refractivity (Wildman–Crippen MR) is 83.6 cm³/mol. The maximum Gasteiger partial charge on any atom is 0.261 e. The lowest BCUT2D eigenvalue weighted by atomic mass is 10.0. The maximum atomic E-state index is 12.5. The van der Waals surface area contributed by atoms with Crippen molar-refractivity contribution in [1.29, 1.82) is 0 Å². The molecule has 118 valence electrons. The predicted octanol–water partition coefficient (Wildman–Crippen LogP) is 0.959. The van der Waals surface area contributed by atoms with Crippen molar-refractivity contribution in [3.8, 4) is 0 Å². The third kappa shape index (κ3) is 2.48. The number of nitrogen functional groups attached to an aromatic ring is 1. The number of aliphatic hydroxyl groups is 2. The van der Waals surface area contributed by atoms with Crippen molar-refractivity contribution >= 4 is 17.5 Å². The van der Waals surface area contributed by atoms with Gasteiger partial charge in [-0.15, -0.1) is 0 Å². The van der Waals surface area contributed by atoms with Gasteiger partial charge in [0.25, 0.3) is 11.8 Å². The van der Waals surface area contributed by atoms with Gasteiger partial charge in [0, 0.05) is 5.69 Å². The minimum atomic E-state index is -1.21. The van der Waals surface area contributed by atoms with E-state index >= 15 is 0 Å². The first-order valence-corrected chi connectivity index (χ1v) is 7.16. The zero-order valence-electron chi connectivity index (χ0n) is 12.2. The van der Waals surface area contributed by atoms with Gasteiger partial charge >= 0.3 is 0 Å². The summed E-state index contributed by atoms with van der Waals surface area (Å²) in [7, 11) is 0. The molecule has 6 heteroatoms. The number of nitrogens with zero attached hydrogens (tertiary/aromatic N) is 1. The van der Waals surface area contributed by atoms with Crippen molar-refractivity contribution in [2.45, 2.75) is 12.1 Å². The minimum Gasteiger partial charge on any atom is -0.399 e. The Bertz CT molecular complexity index is 722. The summed E-state index contributed by atoms with van der Waals surface area (Å²) >= 11 is 0. The molecule has 0 fully saturated rings. The lowest BCUT2D eigenvalue weighted by Crippen LogP contribution is -2.45. The fraction of sp³-hybridized carbons (Fsp3) is 0.176. The van der Waals surface area contributed by atoms with E-state index in [9.17, 15) is 19.8 Å². The molecule has 1 heterocycles. The van der Waals surface area contributed by atoms with Crippen molar-refractivity contribution in [1.82, 2.24) is 4.90 Å². The Kier molecular flexibility index (Phi) is 3.85. The Balaban J connectivity index is 1.94. The second-order valence-corrected chi connectivity index (χ2v) is 5.39. The molecule has 2 aromatic rings. The van der Waals surface area contributed by atoms with Gasteiger partial charge in [-0.1, -0.05) is 24.3 Å². The van der Waals surface area contributed by atoms with E-state index in [2.05, 4.69) is 0 Å². The molecular formula is C17H16N2O4. The molecule has 2 aromatic carbocycles. The number of rotatable bonds is 4. The van der Waals surface area contributed by atoms with Crippen molar-refractivity contribution in [2.75, 3.05) is 12.3 Å². The van der Waals surface area contributed by atoms with Gasteiger partial charge in [-0.25, -0.2) is 0 Å². The zero-order valence-corrected chi connectivity index (χ0v) is 12.2. The number of anilines is 1. The number of amides is 2. The van der Waals surface area contributed by atoms with Crippen molar-refractivity contribution in [3.63, 3.8) is 0 Å². The van der Waals surface area contributed by atoms with Crippen LogP contribution in [0.4, 0.5) is 5.69 Å².